The van der Waals surface area contributed by atoms with Crippen LogP contribution in [0.2, 0.25) is 5.02 Å². The van der Waals surface area contributed by atoms with Gasteiger partial charge in [0.2, 0.25) is 0 Å². The lowest BCUT2D eigenvalue weighted by atomic mass is 10.1. The second-order valence-electron chi connectivity index (χ2n) is 5.61. The molecule has 3 rings (SSSR count). The monoisotopic (exact) mass is 321 g/mol. The largest absolute Gasteiger partial charge is 0.328 e. The van der Waals surface area contributed by atoms with Gasteiger partial charge in [-0.25, -0.2) is 4.98 Å². The summed E-state index contributed by atoms with van der Waals surface area (Å²) in [5.74, 6) is 0. The van der Waals surface area contributed by atoms with E-state index >= 15 is 0 Å². The fraction of sp³-hybridized carbons (Fsp3) is 0.438. The summed E-state index contributed by atoms with van der Waals surface area (Å²) in [4.78, 5) is 7.19. The van der Waals surface area contributed by atoms with Crippen LogP contribution in [0.25, 0.3) is 0 Å². The fourth-order valence-electron chi connectivity index (χ4n) is 2.64. The molecule has 1 aliphatic rings. The van der Waals surface area contributed by atoms with Gasteiger partial charge in [0.1, 0.15) is 5.01 Å². The van der Waals surface area contributed by atoms with Crippen molar-refractivity contribution in [1.29, 1.82) is 0 Å². The zero-order valence-corrected chi connectivity index (χ0v) is 13.5. The van der Waals surface area contributed by atoms with E-state index in [4.69, 9.17) is 22.3 Å². The second kappa shape index (κ2) is 6.88. The van der Waals surface area contributed by atoms with Gasteiger partial charge < -0.3 is 5.73 Å². The van der Waals surface area contributed by atoms with Gasteiger partial charge in [0.15, 0.2) is 0 Å². The number of halogens is 1. The van der Waals surface area contributed by atoms with Crippen molar-refractivity contribution in [2.45, 2.75) is 31.8 Å². The van der Waals surface area contributed by atoms with Gasteiger partial charge in [0.25, 0.3) is 0 Å². The van der Waals surface area contributed by atoms with E-state index in [1.54, 1.807) is 11.3 Å². The number of piperidine rings is 1. The number of aromatic nitrogens is 1. The number of benzene rings is 1. The maximum absolute atomic E-state index is 6.21. The summed E-state index contributed by atoms with van der Waals surface area (Å²) in [5.41, 5.74) is 8.19. The van der Waals surface area contributed by atoms with Gasteiger partial charge in [-0.05, 0) is 24.5 Å². The molecule has 1 aliphatic heterocycles. The van der Waals surface area contributed by atoms with E-state index in [1.807, 2.05) is 18.2 Å². The lowest BCUT2D eigenvalue weighted by Crippen LogP contribution is -2.39. The van der Waals surface area contributed by atoms with Gasteiger partial charge in [-0.2, -0.15) is 0 Å². The molecule has 21 heavy (non-hydrogen) atoms. The zero-order valence-electron chi connectivity index (χ0n) is 12.0. The smallest absolute Gasteiger partial charge is 0.107 e. The van der Waals surface area contributed by atoms with Crippen molar-refractivity contribution in [3.8, 4) is 0 Å². The Balaban J connectivity index is 1.60. The maximum Gasteiger partial charge on any atom is 0.107 e. The van der Waals surface area contributed by atoms with Crippen LogP contribution in [0.5, 0.6) is 0 Å². The average molecular weight is 322 g/mol. The van der Waals surface area contributed by atoms with Crippen molar-refractivity contribution in [1.82, 2.24) is 9.88 Å². The molecule has 3 nitrogen and oxygen atoms in total. The topological polar surface area (TPSA) is 42.1 Å². The minimum absolute atomic E-state index is 0.383. The van der Waals surface area contributed by atoms with Crippen LogP contribution in [0, 0.1) is 0 Å². The number of rotatable bonds is 4. The van der Waals surface area contributed by atoms with Crippen LogP contribution < -0.4 is 5.73 Å². The van der Waals surface area contributed by atoms with E-state index in [2.05, 4.69) is 16.3 Å². The third kappa shape index (κ3) is 4.04. The van der Waals surface area contributed by atoms with Crippen molar-refractivity contribution < 1.29 is 0 Å². The van der Waals surface area contributed by atoms with Gasteiger partial charge in [0.05, 0.1) is 12.2 Å². The standard InChI is InChI=1S/C16H20ClN3S/c17-15-4-2-1-3-12(15)9-14-11-21-16(19-14)10-20-7-5-13(18)6-8-20/h1-4,11,13H,5-10,18H2. The molecule has 5 heteroatoms. The summed E-state index contributed by atoms with van der Waals surface area (Å²) >= 11 is 7.95. The van der Waals surface area contributed by atoms with Crippen LogP contribution in [0.4, 0.5) is 0 Å². The lowest BCUT2D eigenvalue weighted by molar-refractivity contribution is 0.205. The molecule has 1 fully saturated rings. The molecule has 0 atom stereocenters. The summed E-state index contributed by atoms with van der Waals surface area (Å²) in [7, 11) is 0. The van der Waals surface area contributed by atoms with Gasteiger partial charge in [-0.15, -0.1) is 11.3 Å². The van der Waals surface area contributed by atoms with E-state index in [-0.39, 0.29) is 0 Å². The summed E-state index contributed by atoms with van der Waals surface area (Å²) in [6.07, 6.45) is 3.00. The normalized spacial score (nSPS) is 17.2. The molecule has 1 aromatic heterocycles. The highest BCUT2D eigenvalue weighted by Gasteiger charge is 2.17. The number of nitrogens with two attached hydrogens (primary N) is 1. The van der Waals surface area contributed by atoms with Crippen molar-refractivity contribution in [3.05, 3.63) is 50.9 Å². The second-order valence-corrected chi connectivity index (χ2v) is 6.96. The Labute approximate surface area is 134 Å². The minimum atomic E-state index is 0.383. The first-order valence-corrected chi connectivity index (χ1v) is 8.61. The van der Waals surface area contributed by atoms with E-state index in [1.165, 1.54) is 5.01 Å². The molecular weight excluding hydrogens is 302 g/mol. The Bertz CT molecular complexity index is 591. The molecule has 0 bridgehead atoms. The first kappa shape index (κ1) is 15.0. The predicted molar refractivity (Wildman–Crippen MR) is 88.9 cm³/mol. The highest BCUT2D eigenvalue weighted by atomic mass is 35.5. The molecule has 2 N–H and O–H groups in total. The number of nitrogens with zero attached hydrogens (tertiary/aromatic N) is 2. The predicted octanol–water partition coefficient (Wildman–Crippen LogP) is 3.31. The van der Waals surface area contributed by atoms with Crippen LogP contribution in [0.15, 0.2) is 29.6 Å². The van der Waals surface area contributed by atoms with Crippen LogP contribution in [-0.2, 0) is 13.0 Å². The summed E-state index contributed by atoms with van der Waals surface area (Å²) in [5, 5.41) is 4.15. The molecular formula is C16H20ClN3S. The highest BCUT2D eigenvalue weighted by Crippen LogP contribution is 2.21. The molecule has 112 valence electrons. The SMILES string of the molecule is NC1CCN(Cc2nc(Cc3ccccc3Cl)cs2)CC1. The third-order valence-corrected chi connectivity index (χ3v) is 5.17. The molecule has 0 spiro atoms. The summed E-state index contributed by atoms with van der Waals surface area (Å²) in [6.45, 7) is 3.11. The molecule has 2 aromatic rings. The van der Waals surface area contributed by atoms with Gasteiger partial charge in [0, 0.05) is 36.0 Å². The van der Waals surface area contributed by atoms with Gasteiger partial charge in [-0.1, -0.05) is 29.8 Å². The lowest BCUT2D eigenvalue weighted by Gasteiger charge is -2.29. The summed E-state index contributed by atoms with van der Waals surface area (Å²) < 4.78 is 0. The maximum atomic E-state index is 6.21. The van der Waals surface area contributed by atoms with Crippen LogP contribution in [0.1, 0.15) is 29.1 Å². The van der Waals surface area contributed by atoms with Crippen LogP contribution in [-0.4, -0.2) is 29.0 Å². The van der Waals surface area contributed by atoms with E-state index in [0.29, 0.717) is 6.04 Å². The van der Waals surface area contributed by atoms with Crippen LogP contribution >= 0.6 is 22.9 Å². The molecule has 0 aliphatic carbocycles. The minimum Gasteiger partial charge on any atom is -0.328 e. The van der Waals surface area contributed by atoms with Crippen molar-refractivity contribution in [2.75, 3.05) is 13.1 Å². The molecule has 0 amide bonds. The number of hydrogen-bond donors (Lipinski definition) is 1. The first-order valence-electron chi connectivity index (χ1n) is 7.35. The van der Waals surface area contributed by atoms with E-state index < -0.39 is 0 Å². The van der Waals surface area contributed by atoms with E-state index in [9.17, 15) is 0 Å². The first-order chi connectivity index (χ1) is 10.2. The van der Waals surface area contributed by atoms with Crippen LogP contribution in [0.3, 0.4) is 0 Å². The molecule has 1 aromatic carbocycles. The third-order valence-electron chi connectivity index (χ3n) is 3.92. The van der Waals surface area contributed by atoms with Crippen molar-refractivity contribution >= 4 is 22.9 Å². The Kier molecular flexibility index (Phi) is 4.91. The Hall–Kier alpha value is -0.940. The fourth-order valence-corrected chi connectivity index (χ4v) is 3.68. The Morgan fingerprint density at radius 3 is 2.81 bits per heavy atom. The Morgan fingerprint density at radius 1 is 1.29 bits per heavy atom. The average Bonchev–Trinajstić information content (AvgIpc) is 2.91. The Morgan fingerprint density at radius 2 is 2.05 bits per heavy atom. The molecule has 2 heterocycles. The molecule has 1 saturated heterocycles. The van der Waals surface area contributed by atoms with Gasteiger partial charge in [-0.3, -0.25) is 4.90 Å². The van der Waals surface area contributed by atoms with Crippen molar-refractivity contribution in [3.63, 3.8) is 0 Å². The van der Waals surface area contributed by atoms with E-state index in [0.717, 1.165) is 55.2 Å². The molecule has 0 unspecified atom stereocenters. The zero-order chi connectivity index (χ0) is 14.7. The number of thiazole rings is 1. The quantitative estimate of drug-likeness (QED) is 0.939. The number of hydrogen-bond acceptors (Lipinski definition) is 4. The van der Waals surface area contributed by atoms with Crippen molar-refractivity contribution in [2.24, 2.45) is 5.73 Å². The van der Waals surface area contributed by atoms with Gasteiger partial charge >= 0.3 is 0 Å². The molecule has 0 saturated carbocycles. The number of likely N-dealkylation sites (tertiary alicyclic amines) is 1. The molecule has 0 radical (unpaired) electrons. The summed E-state index contributed by atoms with van der Waals surface area (Å²) in [6, 6.07) is 8.35. The highest BCUT2D eigenvalue weighted by molar-refractivity contribution is 7.09.